The van der Waals surface area contributed by atoms with Crippen LogP contribution in [0.1, 0.15) is 18.4 Å². The van der Waals surface area contributed by atoms with Crippen molar-refractivity contribution >= 4 is 0 Å². The van der Waals surface area contributed by atoms with Crippen molar-refractivity contribution in [2.45, 2.75) is 25.4 Å². The fourth-order valence-electron chi connectivity index (χ4n) is 2.10. The van der Waals surface area contributed by atoms with E-state index >= 15 is 0 Å². The predicted molar refractivity (Wildman–Crippen MR) is 61.6 cm³/mol. The van der Waals surface area contributed by atoms with Gasteiger partial charge in [-0.15, -0.1) is 0 Å². The molecule has 0 aliphatic carbocycles. The Morgan fingerprint density at radius 2 is 2.53 bits per heavy atom. The fourth-order valence-corrected chi connectivity index (χ4v) is 2.10. The van der Waals surface area contributed by atoms with E-state index < -0.39 is 0 Å². The van der Waals surface area contributed by atoms with Crippen molar-refractivity contribution in [2.75, 3.05) is 20.1 Å². The summed E-state index contributed by atoms with van der Waals surface area (Å²) in [7, 11) is 2.19. The zero-order chi connectivity index (χ0) is 10.5. The van der Waals surface area contributed by atoms with Gasteiger partial charge in [0, 0.05) is 31.5 Å². The molecule has 0 bridgehead atoms. The van der Waals surface area contributed by atoms with Crippen LogP contribution in [0, 0.1) is 0 Å². The maximum atomic E-state index is 4.11. The summed E-state index contributed by atoms with van der Waals surface area (Å²) < 4.78 is 0. The molecule has 1 fully saturated rings. The molecular formula is C12H19N3. The highest BCUT2D eigenvalue weighted by molar-refractivity contribution is 5.08. The van der Waals surface area contributed by atoms with Crippen LogP contribution in [0.3, 0.4) is 0 Å². The average molecular weight is 205 g/mol. The Hall–Kier alpha value is -0.930. The van der Waals surface area contributed by atoms with Crippen molar-refractivity contribution in [3.05, 3.63) is 30.1 Å². The molecule has 0 saturated carbocycles. The zero-order valence-corrected chi connectivity index (χ0v) is 9.32. The summed E-state index contributed by atoms with van der Waals surface area (Å²) in [5.41, 5.74) is 1.27. The predicted octanol–water partition coefficient (Wildman–Crippen LogP) is 1.27. The number of pyridine rings is 1. The number of nitrogens with one attached hydrogen (secondary N) is 1. The highest BCUT2D eigenvalue weighted by Gasteiger charge is 2.15. The number of hydrogen-bond acceptors (Lipinski definition) is 3. The Labute approximate surface area is 91.5 Å². The minimum absolute atomic E-state index is 0.643. The lowest BCUT2D eigenvalue weighted by molar-refractivity contribution is 0.226. The first-order valence-corrected chi connectivity index (χ1v) is 5.65. The molecular weight excluding hydrogens is 186 g/mol. The number of rotatable bonds is 3. The van der Waals surface area contributed by atoms with Gasteiger partial charge in [-0.2, -0.15) is 0 Å². The number of hydrogen-bond donors (Lipinski definition) is 1. The van der Waals surface area contributed by atoms with E-state index in [0.29, 0.717) is 6.04 Å². The third-order valence-corrected chi connectivity index (χ3v) is 2.94. The van der Waals surface area contributed by atoms with Crippen molar-refractivity contribution in [2.24, 2.45) is 0 Å². The minimum Gasteiger partial charge on any atom is -0.309 e. The quantitative estimate of drug-likeness (QED) is 0.805. The first-order chi connectivity index (χ1) is 7.34. The molecule has 3 heteroatoms. The Kier molecular flexibility index (Phi) is 3.69. The normalized spacial score (nSPS) is 22.9. The van der Waals surface area contributed by atoms with E-state index in [9.17, 15) is 0 Å². The van der Waals surface area contributed by atoms with Gasteiger partial charge in [-0.3, -0.25) is 4.98 Å². The van der Waals surface area contributed by atoms with Gasteiger partial charge in [-0.25, -0.2) is 0 Å². The van der Waals surface area contributed by atoms with Crippen LogP contribution in [0.5, 0.6) is 0 Å². The largest absolute Gasteiger partial charge is 0.309 e. The second-order valence-corrected chi connectivity index (χ2v) is 4.34. The van der Waals surface area contributed by atoms with Crippen LogP contribution in [0.2, 0.25) is 0 Å². The third-order valence-electron chi connectivity index (χ3n) is 2.94. The topological polar surface area (TPSA) is 28.2 Å². The van der Waals surface area contributed by atoms with E-state index in [2.05, 4.69) is 28.3 Å². The van der Waals surface area contributed by atoms with Gasteiger partial charge in [0.15, 0.2) is 0 Å². The molecule has 82 valence electrons. The maximum absolute atomic E-state index is 4.11. The summed E-state index contributed by atoms with van der Waals surface area (Å²) in [6.45, 7) is 3.34. The van der Waals surface area contributed by atoms with Crippen LogP contribution in [0.4, 0.5) is 0 Å². The van der Waals surface area contributed by atoms with Gasteiger partial charge in [0.25, 0.3) is 0 Å². The monoisotopic (exact) mass is 205 g/mol. The molecule has 2 heterocycles. The molecule has 1 unspecified atom stereocenters. The Balaban J connectivity index is 1.78. The Morgan fingerprint density at radius 1 is 1.60 bits per heavy atom. The number of likely N-dealkylation sites (N-methyl/N-ethyl adjacent to an activating group) is 1. The number of likely N-dealkylation sites (tertiary alicyclic amines) is 1. The van der Waals surface area contributed by atoms with Gasteiger partial charge in [-0.1, -0.05) is 6.07 Å². The number of nitrogens with zero attached hydrogens (tertiary/aromatic N) is 2. The van der Waals surface area contributed by atoms with Gasteiger partial charge in [0.05, 0.1) is 0 Å². The Bertz CT molecular complexity index is 286. The van der Waals surface area contributed by atoms with E-state index in [-0.39, 0.29) is 0 Å². The van der Waals surface area contributed by atoms with Crippen molar-refractivity contribution in [1.82, 2.24) is 15.2 Å². The molecule has 1 aromatic heterocycles. The molecule has 1 aliphatic heterocycles. The summed E-state index contributed by atoms with van der Waals surface area (Å²) in [4.78, 5) is 6.51. The lowest BCUT2D eigenvalue weighted by Crippen LogP contribution is -2.43. The van der Waals surface area contributed by atoms with Gasteiger partial charge in [0.2, 0.25) is 0 Å². The van der Waals surface area contributed by atoms with Crippen molar-refractivity contribution < 1.29 is 0 Å². The van der Waals surface area contributed by atoms with Crippen LogP contribution in [0.25, 0.3) is 0 Å². The lowest BCUT2D eigenvalue weighted by atomic mass is 10.1. The van der Waals surface area contributed by atoms with E-state index in [1.54, 1.807) is 0 Å². The molecule has 0 radical (unpaired) electrons. The molecule has 3 nitrogen and oxygen atoms in total. The molecule has 2 rings (SSSR count). The maximum Gasteiger partial charge on any atom is 0.0312 e. The van der Waals surface area contributed by atoms with Crippen LogP contribution in [0.15, 0.2) is 24.5 Å². The van der Waals surface area contributed by atoms with E-state index in [1.165, 1.54) is 31.5 Å². The first kappa shape index (κ1) is 10.6. The first-order valence-electron chi connectivity index (χ1n) is 5.65. The van der Waals surface area contributed by atoms with E-state index in [1.807, 2.05) is 18.5 Å². The third kappa shape index (κ3) is 3.29. The van der Waals surface area contributed by atoms with Gasteiger partial charge in [0.1, 0.15) is 0 Å². The number of piperidine rings is 1. The van der Waals surface area contributed by atoms with Crippen LogP contribution < -0.4 is 5.32 Å². The molecule has 1 aromatic rings. The molecule has 1 atom stereocenters. The zero-order valence-electron chi connectivity index (χ0n) is 9.32. The van der Waals surface area contributed by atoms with Crippen LogP contribution in [-0.4, -0.2) is 36.1 Å². The van der Waals surface area contributed by atoms with Crippen molar-refractivity contribution in [1.29, 1.82) is 0 Å². The molecule has 0 amide bonds. The minimum atomic E-state index is 0.643. The average Bonchev–Trinajstić information content (AvgIpc) is 2.28. The van der Waals surface area contributed by atoms with E-state index in [4.69, 9.17) is 0 Å². The standard InChI is InChI=1S/C12H19N3/c1-15-7-3-5-12(10-15)14-9-11-4-2-6-13-8-11/h2,4,6,8,12,14H,3,5,7,9-10H2,1H3. The molecule has 0 spiro atoms. The highest BCUT2D eigenvalue weighted by atomic mass is 15.1. The summed E-state index contributed by atoms with van der Waals surface area (Å²) in [6, 6.07) is 4.75. The molecule has 1 saturated heterocycles. The second-order valence-electron chi connectivity index (χ2n) is 4.34. The van der Waals surface area contributed by atoms with Crippen LogP contribution in [-0.2, 0) is 6.54 Å². The molecule has 1 N–H and O–H groups in total. The summed E-state index contributed by atoms with van der Waals surface area (Å²) in [6.07, 6.45) is 6.35. The van der Waals surface area contributed by atoms with Gasteiger partial charge < -0.3 is 10.2 Å². The van der Waals surface area contributed by atoms with Gasteiger partial charge in [-0.05, 0) is 38.1 Å². The summed E-state index contributed by atoms with van der Waals surface area (Å²) in [5, 5.41) is 3.59. The van der Waals surface area contributed by atoms with Crippen molar-refractivity contribution in [3.8, 4) is 0 Å². The fraction of sp³-hybridized carbons (Fsp3) is 0.583. The molecule has 1 aliphatic rings. The lowest BCUT2D eigenvalue weighted by Gasteiger charge is -2.30. The highest BCUT2D eigenvalue weighted by Crippen LogP contribution is 2.08. The van der Waals surface area contributed by atoms with E-state index in [0.717, 1.165) is 6.54 Å². The smallest absolute Gasteiger partial charge is 0.0312 e. The van der Waals surface area contributed by atoms with Crippen LogP contribution >= 0.6 is 0 Å². The van der Waals surface area contributed by atoms with Gasteiger partial charge >= 0.3 is 0 Å². The SMILES string of the molecule is CN1CCCC(NCc2cccnc2)C1. The summed E-state index contributed by atoms with van der Waals surface area (Å²) >= 11 is 0. The molecule has 15 heavy (non-hydrogen) atoms. The summed E-state index contributed by atoms with van der Waals surface area (Å²) in [5.74, 6) is 0. The molecule has 0 aromatic carbocycles. The Morgan fingerprint density at radius 3 is 3.27 bits per heavy atom. The number of aromatic nitrogens is 1. The van der Waals surface area contributed by atoms with Crippen molar-refractivity contribution in [3.63, 3.8) is 0 Å². The second kappa shape index (κ2) is 5.24.